The number of carbonyl (C=O) groups is 1. The maximum atomic E-state index is 12.0. The van der Waals surface area contributed by atoms with E-state index in [0.29, 0.717) is 35.4 Å². The first-order valence-corrected chi connectivity index (χ1v) is 6.68. The second-order valence-corrected chi connectivity index (χ2v) is 6.17. The number of hydrogen-bond acceptors (Lipinski definition) is 1. The average Bonchev–Trinajstić information content (AvgIpc) is 2.39. The van der Waals surface area contributed by atoms with Crippen molar-refractivity contribution in [1.29, 1.82) is 0 Å². The second kappa shape index (κ2) is 4.35. The summed E-state index contributed by atoms with van der Waals surface area (Å²) in [5, 5.41) is 0. The lowest BCUT2D eigenvalue weighted by molar-refractivity contribution is -0.122. The van der Waals surface area contributed by atoms with Crippen LogP contribution < -0.4 is 0 Å². The van der Waals surface area contributed by atoms with Crippen LogP contribution in [0.5, 0.6) is 0 Å². The van der Waals surface area contributed by atoms with E-state index < -0.39 is 0 Å². The topological polar surface area (TPSA) is 17.1 Å². The molecule has 0 heterocycles. The van der Waals surface area contributed by atoms with Gasteiger partial charge in [0, 0.05) is 12.3 Å². The predicted octanol–water partition coefficient (Wildman–Crippen LogP) is 3.84. The molecular weight excluding hydrogens is 196 g/mol. The maximum absolute atomic E-state index is 12.0. The molecular formula is C15H24O. The lowest BCUT2D eigenvalue weighted by atomic mass is 9.79. The van der Waals surface area contributed by atoms with Crippen molar-refractivity contribution >= 4 is 5.78 Å². The summed E-state index contributed by atoms with van der Waals surface area (Å²) in [5.74, 6) is 3.37. The molecule has 0 saturated heterocycles. The summed E-state index contributed by atoms with van der Waals surface area (Å²) in [5.41, 5.74) is 1.32. The third-order valence-electron chi connectivity index (χ3n) is 4.92. The van der Waals surface area contributed by atoms with Gasteiger partial charge < -0.3 is 0 Å². The molecule has 0 spiro atoms. The van der Waals surface area contributed by atoms with Gasteiger partial charge in [-0.05, 0) is 49.9 Å². The molecule has 2 saturated carbocycles. The zero-order valence-electron chi connectivity index (χ0n) is 10.8. The quantitative estimate of drug-likeness (QED) is 0.614. The number of rotatable bonds is 1. The minimum Gasteiger partial charge on any atom is -0.299 e. The summed E-state index contributed by atoms with van der Waals surface area (Å²) >= 11 is 0. The molecule has 5 atom stereocenters. The fourth-order valence-corrected chi connectivity index (χ4v) is 3.85. The van der Waals surface area contributed by atoms with Gasteiger partial charge >= 0.3 is 0 Å². The molecule has 0 bridgehead atoms. The lowest BCUT2D eigenvalue weighted by Gasteiger charge is -2.24. The highest BCUT2D eigenvalue weighted by Gasteiger charge is 2.45. The molecule has 0 N–H and O–H groups in total. The number of ketones is 1. The van der Waals surface area contributed by atoms with Crippen molar-refractivity contribution in [3.8, 4) is 0 Å². The van der Waals surface area contributed by atoms with Gasteiger partial charge in [0.05, 0.1) is 0 Å². The van der Waals surface area contributed by atoms with Crippen molar-refractivity contribution in [3.05, 3.63) is 12.2 Å². The van der Waals surface area contributed by atoms with Gasteiger partial charge in [0.2, 0.25) is 0 Å². The predicted molar refractivity (Wildman–Crippen MR) is 67.1 cm³/mol. The normalized spacial score (nSPS) is 43.9. The Balaban J connectivity index is 2.21. The molecule has 0 aromatic rings. The second-order valence-electron chi connectivity index (χ2n) is 6.17. The third kappa shape index (κ3) is 1.97. The molecule has 16 heavy (non-hydrogen) atoms. The minimum atomic E-state index is 0.361. The van der Waals surface area contributed by atoms with Crippen LogP contribution in [0.3, 0.4) is 0 Å². The first-order valence-electron chi connectivity index (χ1n) is 6.68. The van der Waals surface area contributed by atoms with Gasteiger partial charge in [-0.3, -0.25) is 4.79 Å². The Kier molecular flexibility index (Phi) is 3.23. The molecule has 2 unspecified atom stereocenters. The Hall–Kier alpha value is -0.590. The highest BCUT2D eigenvalue weighted by Crippen LogP contribution is 2.47. The first-order chi connectivity index (χ1) is 7.50. The van der Waals surface area contributed by atoms with Crippen LogP contribution in [0.15, 0.2) is 12.2 Å². The van der Waals surface area contributed by atoms with Gasteiger partial charge in [-0.1, -0.05) is 26.0 Å². The molecule has 0 aliphatic heterocycles. The Bertz CT molecular complexity index is 305. The highest BCUT2D eigenvalue weighted by molar-refractivity contribution is 5.84. The van der Waals surface area contributed by atoms with Crippen LogP contribution in [0.25, 0.3) is 0 Å². The van der Waals surface area contributed by atoms with E-state index in [1.54, 1.807) is 0 Å². The van der Waals surface area contributed by atoms with E-state index in [4.69, 9.17) is 0 Å². The van der Waals surface area contributed by atoms with Gasteiger partial charge in [-0.2, -0.15) is 0 Å². The van der Waals surface area contributed by atoms with Crippen LogP contribution in [0.2, 0.25) is 0 Å². The van der Waals surface area contributed by atoms with E-state index >= 15 is 0 Å². The Morgan fingerprint density at radius 2 is 1.94 bits per heavy atom. The Morgan fingerprint density at radius 3 is 2.56 bits per heavy atom. The Morgan fingerprint density at radius 1 is 1.25 bits per heavy atom. The Labute approximate surface area is 99.3 Å². The molecule has 1 heteroatoms. The van der Waals surface area contributed by atoms with E-state index in [1.807, 2.05) is 0 Å². The zero-order valence-corrected chi connectivity index (χ0v) is 10.8. The molecule has 2 aliphatic carbocycles. The van der Waals surface area contributed by atoms with Crippen molar-refractivity contribution in [2.75, 3.05) is 0 Å². The minimum absolute atomic E-state index is 0.361. The van der Waals surface area contributed by atoms with Gasteiger partial charge in [0.25, 0.3) is 0 Å². The van der Waals surface area contributed by atoms with Gasteiger partial charge in [-0.15, -0.1) is 0 Å². The number of allylic oxidation sites excluding steroid dienone is 1. The smallest absolute Gasteiger partial charge is 0.136 e. The van der Waals surface area contributed by atoms with Crippen LogP contribution in [-0.2, 0) is 4.79 Å². The summed E-state index contributed by atoms with van der Waals surface area (Å²) in [6.45, 7) is 10.8. The summed E-state index contributed by atoms with van der Waals surface area (Å²) in [6.07, 6.45) is 4.47. The summed E-state index contributed by atoms with van der Waals surface area (Å²) in [4.78, 5) is 12.0. The summed E-state index contributed by atoms with van der Waals surface area (Å²) in [7, 11) is 0. The van der Waals surface area contributed by atoms with E-state index in [1.165, 1.54) is 24.8 Å². The SMILES string of the molecule is C=C(C)[C@@H]1CC[C@H](C)C2C(=O)C[C@H](C)C2C1. The molecule has 0 aromatic heterocycles. The van der Waals surface area contributed by atoms with Gasteiger partial charge in [0.1, 0.15) is 5.78 Å². The summed E-state index contributed by atoms with van der Waals surface area (Å²) in [6, 6.07) is 0. The monoisotopic (exact) mass is 220 g/mol. The summed E-state index contributed by atoms with van der Waals surface area (Å²) < 4.78 is 0. The maximum Gasteiger partial charge on any atom is 0.136 e. The number of hydrogen-bond donors (Lipinski definition) is 0. The lowest BCUT2D eigenvalue weighted by Crippen LogP contribution is -2.22. The molecule has 90 valence electrons. The molecule has 2 rings (SSSR count). The van der Waals surface area contributed by atoms with Crippen molar-refractivity contribution in [1.82, 2.24) is 0 Å². The van der Waals surface area contributed by atoms with Crippen LogP contribution in [0, 0.1) is 29.6 Å². The van der Waals surface area contributed by atoms with Crippen LogP contribution in [0.1, 0.15) is 46.5 Å². The molecule has 1 nitrogen and oxygen atoms in total. The van der Waals surface area contributed by atoms with Crippen molar-refractivity contribution in [3.63, 3.8) is 0 Å². The van der Waals surface area contributed by atoms with E-state index in [2.05, 4.69) is 27.4 Å². The molecule has 0 aromatic carbocycles. The molecule has 0 amide bonds. The fraction of sp³-hybridized carbons (Fsp3) is 0.800. The number of Topliss-reactive ketones (excluding diaryl/α,β-unsaturated/α-hetero) is 1. The van der Waals surface area contributed by atoms with E-state index in [9.17, 15) is 4.79 Å². The average molecular weight is 220 g/mol. The van der Waals surface area contributed by atoms with Crippen molar-refractivity contribution in [2.45, 2.75) is 46.5 Å². The number of carbonyl (C=O) groups excluding carboxylic acids is 1. The molecule has 2 aliphatic rings. The highest BCUT2D eigenvalue weighted by atomic mass is 16.1. The van der Waals surface area contributed by atoms with Crippen LogP contribution >= 0.6 is 0 Å². The first kappa shape index (κ1) is 11.9. The standard InChI is InChI=1S/C15H24O/c1-9(2)12-6-5-10(3)15-13(8-12)11(4)7-14(15)16/h10-13,15H,1,5-8H2,2-4H3/t10-,11-,12+,13?,15?/m0/s1. The van der Waals surface area contributed by atoms with Gasteiger partial charge in [0.15, 0.2) is 0 Å². The zero-order chi connectivity index (χ0) is 11.9. The van der Waals surface area contributed by atoms with Crippen LogP contribution in [-0.4, -0.2) is 5.78 Å². The molecule has 0 radical (unpaired) electrons. The fourth-order valence-electron chi connectivity index (χ4n) is 3.85. The largest absolute Gasteiger partial charge is 0.299 e. The van der Waals surface area contributed by atoms with Crippen molar-refractivity contribution in [2.24, 2.45) is 29.6 Å². The van der Waals surface area contributed by atoms with Crippen LogP contribution in [0.4, 0.5) is 0 Å². The molecule has 2 fully saturated rings. The third-order valence-corrected chi connectivity index (χ3v) is 4.92. The van der Waals surface area contributed by atoms with E-state index in [-0.39, 0.29) is 0 Å². The van der Waals surface area contributed by atoms with E-state index in [0.717, 1.165) is 6.42 Å². The van der Waals surface area contributed by atoms with Crippen molar-refractivity contribution < 1.29 is 4.79 Å². The van der Waals surface area contributed by atoms with Gasteiger partial charge in [-0.25, -0.2) is 0 Å². The number of fused-ring (bicyclic) bond motifs is 1.